The summed E-state index contributed by atoms with van der Waals surface area (Å²) < 4.78 is 5.90. The van der Waals surface area contributed by atoms with Crippen LogP contribution in [0.1, 0.15) is 44.9 Å². The first-order valence-corrected chi connectivity index (χ1v) is 10.8. The molecular weight excluding hydrogens is 402 g/mol. The van der Waals surface area contributed by atoms with Crippen molar-refractivity contribution in [3.05, 3.63) is 59.9 Å². The van der Waals surface area contributed by atoms with Crippen LogP contribution in [-0.4, -0.2) is 35.5 Å². The smallest absolute Gasteiger partial charge is 0.287 e. The second-order valence-corrected chi connectivity index (χ2v) is 7.55. The van der Waals surface area contributed by atoms with Crippen LogP contribution in [0.5, 0.6) is 0 Å². The maximum absolute atomic E-state index is 9.06. The predicted molar refractivity (Wildman–Crippen MR) is 132 cm³/mol. The van der Waals surface area contributed by atoms with Gasteiger partial charge in [-0.25, -0.2) is 4.99 Å². The number of fused-ring (bicyclic) bond motifs is 1. The number of hydrogen-bond acceptors (Lipinski definition) is 4. The number of allylic oxidation sites excluding steroid dienone is 1. The first kappa shape index (κ1) is 24.7. The van der Waals surface area contributed by atoms with Gasteiger partial charge in [0.15, 0.2) is 0 Å². The molecule has 0 aliphatic carbocycles. The van der Waals surface area contributed by atoms with E-state index in [1.165, 1.54) is 0 Å². The van der Waals surface area contributed by atoms with Gasteiger partial charge in [0.1, 0.15) is 5.76 Å². The van der Waals surface area contributed by atoms with E-state index in [2.05, 4.69) is 45.4 Å². The molecule has 170 valence electrons. The van der Waals surface area contributed by atoms with Crippen LogP contribution >= 0.6 is 0 Å². The molecule has 0 saturated carbocycles. The van der Waals surface area contributed by atoms with Crippen molar-refractivity contribution in [1.29, 1.82) is 0 Å². The fourth-order valence-electron chi connectivity index (χ4n) is 3.07. The molecule has 0 fully saturated rings. The quantitative estimate of drug-likeness (QED) is 0.215. The molecule has 1 aromatic carbocycles. The Balaban J connectivity index is 0.000000837. The second kappa shape index (κ2) is 12.3. The highest BCUT2D eigenvalue weighted by atomic mass is 16.5. The van der Waals surface area contributed by atoms with Gasteiger partial charge < -0.3 is 20.8 Å². The first-order valence-electron chi connectivity index (χ1n) is 10.8. The summed E-state index contributed by atoms with van der Waals surface area (Å²) in [6, 6.07) is 12.5. The molecule has 3 aromatic rings. The van der Waals surface area contributed by atoms with E-state index in [0.29, 0.717) is 6.41 Å². The van der Waals surface area contributed by atoms with Crippen molar-refractivity contribution in [2.75, 3.05) is 7.05 Å². The maximum Gasteiger partial charge on any atom is 0.287 e. The zero-order chi connectivity index (χ0) is 23.5. The minimum atomic E-state index is 0.0820. The number of H-pyrrole nitrogens is 1. The molecule has 1 amide bonds. The number of hydrogen-bond donors (Lipinski definition) is 3. The molecule has 2 heterocycles. The number of aromatic amines is 1. The number of aryl methyl sites for hydroxylation is 1. The molecule has 0 aliphatic rings. The molecule has 7 nitrogen and oxygen atoms in total. The third kappa shape index (κ3) is 6.97. The molecule has 2 aromatic heterocycles. The number of amides is 1. The lowest BCUT2D eigenvalue weighted by molar-refractivity contribution is -0.109. The summed E-state index contributed by atoms with van der Waals surface area (Å²) in [5.41, 5.74) is 11.0. The van der Waals surface area contributed by atoms with Crippen molar-refractivity contribution < 1.29 is 9.53 Å². The fourth-order valence-corrected chi connectivity index (χ4v) is 3.07. The van der Waals surface area contributed by atoms with Gasteiger partial charge in [0.05, 0.1) is 5.69 Å². The summed E-state index contributed by atoms with van der Waals surface area (Å²) in [6.07, 6.45) is 6.63. The molecule has 3 rings (SSSR count). The van der Waals surface area contributed by atoms with Crippen LogP contribution in [0.2, 0.25) is 0 Å². The monoisotopic (exact) mass is 435 g/mol. The summed E-state index contributed by atoms with van der Waals surface area (Å²) in [4.78, 5) is 21.4. The zero-order valence-electron chi connectivity index (χ0n) is 19.5. The molecule has 32 heavy (non-hydrogen) atoms. The van der Waals surface area contributed by atoms with Gasteiger partial charge in [0, 0.05) is 47.0 Å². The van der Waals surface area contributed by atoms with Gasteiger partial charge in [-0.15, -0.1) is 0 Å². The Hall–Kier alpha value is -3.61. The zero-order valence-corrected chi connectivity index (χ0v) is 19.5. The predicted octanol–water partition coefficient (Wildman–Crippen LogP) is 4.78. The summed E-state index contributed by atoms with van der Waals surface area (Å²) in [6.45, 7) is 8.08. The summed E-state index contributed by atoms with van der Waals surface area (Å²) in [5.74, 6) is 0.731. The molecule has 0 atom stereocenters. The number of nitrogens with two attached hydrogens (primary N) is 1. The molecule has 0 unspecified atom stereocenters. The van der Waals surface area contributed by atoms with Crippen molar-refractivity contribution in [1.82, 2.24) is 15.3 Å². The summed E-state index contributed by atoms with van der Waals surface area (Å²) in [5, 5.41) is 3.35. The lowest BCUT2D eigenvalue weighted by atomic mass is 10.0. The molecule has 0 aliphatic heterocycles. The lowest BCUT2D eigenvalue weighted by Gasteiger charge is -2.11. The molecular formula is C25H33N5O2. The molecule has 4 N–H and O–H groups in total. The van der Waals surface area contributed by atoms with Crippen molar-refractivity contribution in [3.8, 4) is 11.3 Å². The van der Waals surface area contributed by atoms with Gasteiger partial charge in [-0.2, -0.15) is 0 Å². The first-order chi connectivity index (χ1) is 15.4. The summed E-state index contributed by atoms with van der Waals surface area (Å²) in [7, 11) is 1.56. The SMILES string of the molecule is CCC/C=C(/OC(N)=NC(C)C)c1ccc2[nH]cc(-c3cccc(C)n3)c2c1.CNC=O. The van der Waals surface area contributed by atoms with Crippen LogP contribution in [-0.2, 0) is 9.53 Å². The Kier molecular flexibility index (Phi) is 9.47. The van der Waals surface area contributed by atoms with Gasteiger partial charge in [0.2, 0.25) is 6.41 Å². The Bertz CT molecular complexity index is 1080. The molecule has 0 radical (unpaired) electrons. The van der Waals surface area contributed by atoms with E-state index in [4.69, 9.17) is 15.3 Å². The minimum absolute atomic E-state index is 0.0820. The van der Waals surface area contributed by atoms with Gasteiger partial charge in [-0.05, 0) is 63.6 Å². The number of carbonyl (C=O) groups excluding carboxylic acids is 1. The number of aliphatic imine (C=N–C) groups is 1. The minimum Gasteiger partial charge on any atom is -0.426 e. The molecule has 7 heteroatoms. The second-order valence-electron chi connectivity index (χ2n) is 7.55. The molecule has 0 saturated heterocycles. The Morgan fingerprint density at radius 2 is 2.06 bits per heavy atom. The largest absolute Gasteiger partial charge is 0.426 e. The number of carbonyl (C=O) groups is 1. The number of aromatic nitrogens is 2. The van der Waals surface area contributed by atoms with Crippen molar-refractivity contribution in [3.63, 3.8) is 0 Å². The summed E-state index contributed by atoms with van der Waals surface area (Å²) >= 11 is 0. The van der Waals surface area contributed by atoms with E-state index in [0.717, 1.165) is 52.0 Å². The highest BCUT2D eigenvalue weighted by Gasteiger charge is 2.12. The Labute approximate surface area is 189 Å². The fraction of sp³-hybridized carbons (Fsp3) is 0.320. The van der Waals surface area contributed by atoms with Crippen molar-refractivity contribution in [2.45, 2.75) is 46.6 Å². The van der Waals surface area contributed by atoms with Crippen molar-refractivity contribution >= 4 is 29.1 Å². The van der Waals surface area contributed by atoms with Crippen LogP contribution in [0.4, 0.5) is 0 Å². The number of ether oxygens (including phenoxy) is 1. The maximum atomic E-state index is 9.06. The van der Waals surface area contributed by atoms with Crippen LogP contribution in [0.15, 0.2) is 53.7 Å². The van der Waals surface area contributed by atoms with Crippen LogP contribution in [0, 0.1) is 6.92 Å². The number of amidine groups is 1. The Morgan fingerprint density at radius 3 is 2.69 bits per heavy atom. The number of nitrogens with one attached hydrogen (secondary N) is 2. The Morgan fingerprint density at radius 1 is 1.31 bits per heavy atom. The number of nitrogens with zero attached hydrogens (tertiary/aromatic N) is 2. The molecule has 0 spiro atoms. The lowest BCUT2D eigenvalue weighted by Crippen LogP contribution is -2.17. The van der Waals surface area contributed by atoms with E-state index in [1.54, 1.807) is 7.05 Å². The van der Waals surface area contributed by atoms with Gasteiger partial charge in [0.25, 0.3) is 6.02 Å². The number of rotatable bonds is 7. The van der Waals surface area contributed by atoms with Crippen molar-refractivity contribution in [2.24, 2.45) is 10.7 Å². The van der Waals surface area contributed by atoms with E-state index >= 15 is 0 Å². The third-order valence-electron chi connectivity index (χ3n) is 4.47. The van der Waals surface area contributed by atoms with E-state index in [1.807, 2.05) is 51.2 Å². The van der Waals surface area contributed by atoms with Crippen LogP contribution < -0.4 is 11.1 Å². The van der Waals surface area contributed by atoms with Crippen LogP contribution in [0.3, 0.4) is 0 Å². The van der Waals surface area contributed by atoms with Gasteiger partial charge in [-0.3, -0.25) is 9.78 Å². The topological polar surface area (TPSA) is 105 Å². The third-order valence-corrected chi connectivity index (χ3v) is 4.47. The number of benzene rings is 1. The normalized spacial score (nSPS) is 11.8. The van der Waals surface area contributed by atoms with E-state index < -0.39 is 0 Å². The van der Waals surface area contributed by atoms with Crippen LogP contribution in [0.25, 0.3) is 27.9 Å². The number of pyridine rings is 1. The highest BCUT2D eigenvalue weighted by Crippen LogP contribution is 2.30. The van der Waals surface area contributed by atoms with Gasteiger partial charge >= 0.3 is 0 Å². The molecule has 0 bridgehead atoms. The van der Waals surface area contributed by atoms with E-state index in [9.17, 15) is 0 Å². The standard InChI is InChI=1S/C23H28N4O.C2H5NO/c1-5-6-10-22(28-23(24)26-15(2)3)17-11-12-20-18(13-17)19(14-25-20)21-9-7-8-16(4)27-21;1-3-2-4/h7-15,25H,5-6H2,1-4H3,(H2,24,26);2H,1H3,(H,3,4)/b22-10+;. The average Bonchev–Trinajstić information content (AvgIpc) is 3.19. The average molecular weight is 436 g/mol. The van der Waals surface area contributed by atoms with E-state index in [-0.39, 0.29) is 12.1 Å². The van der Waals surface area contributed by atoms with Gasteiger partial charge in [-0.1, -0.05) is 19.4 Å². The number of unbranched alkanes of at least 4 members (excludes halogenated alkanes) is 1. The highest BCUT2D eigenvalue weighted by molar-refractivity contribution is 5.96.